The minimum Gasteiger partial charge on any atom is -0.726 e. The number of rotatable bonds is 5. The van der Waals surface area contributed by atoms with E-state index in [0.717, 1.165) is 31.0 Å². The van der Waals surface area contributed by atoms with E-state index >= 15 is 0 Å². The van der Waals surface area contributed by atoms with E-state index < -0.39 is 10.4 Å². The predicted molar refractivity (Wildman–Crippen MR) is 71.3 cm³/mol. The molecule has 1 saturated heterocycles. The molecule has 1 heterocycles. The van der Waals surface area contributed by atoms with E-state index in [1.165, 1.54) is 32.5 Å². The summed E-state index contributed by atoms with van der Waals surface area (Å²) >= 11 is 0. The molecule has 114 valence electrons. The van der Waals surface area contributed by atoms with Gasteiger partial charge in [-0.25, -0.2) is 8.42 Å². The molecule has 1 fully saturated rings. The van der Waals surface area contributed by atoms with Crippen molar-refractivity contribution in [3.8, 4) is 0 Å². The van der Waals surface area contributed by atoms with Crippen molar-refractivity contribution < 1.29 is 26.4 Å². The molecule has 1 aliphatic heterocycles. The predicted octanol–water partition coefficient (Wildman–Crippen LogP) is 1.08. The summed E-state index contributed by atoms with van der Waals surface area (Å²) in [6.07, 6.45) is 4.34. The standard InChI is InChI=1S/C11H22NO.CH4O4S/c1-3-7-12(8-4-2)9-5-6-11(13)10-12;1-5-6(2,3)4/h3-10H2,1-2H3;1H3,(H,2,3,4)/q+1;/p-1. The average Bonchev–Trinajstić information content (AvgIpc) is 2.29. The third-order valence-electron chi connectivity index (χ3n) is 3.20. The first-order chi connectivity index (χ1) is 8.78. The van der Waals surface area contributed by atoms with Crippen molar-refractivity contribution in [3.05, 3.63) is 0 Å². The van der Waals surface area contributed by atoms with E-state index in [9.17, 15) is 17.8 Å². The first kappa shape index (κ1) is 18.5. The summed E-state index contributed by atoms with van der Waals surface area (Å²) in [6, 6.07) is 0. The van der Waals surface area contributed by atoms with Crippen LogP contribution in [0.3, 0.4) is 0 Å². The third kappa shape index (κ3) is 8.30. The van der Waals surface area contributed by atoms with Gasteiger partial charge in [-0.3, -0.25) is 8.98 Å². The Kier molecular flexibility index (Phi) is 8.40. The van der Waals surface area contributed by atoms with Crippen molar-refractivity contribution in [2.45, 2.75) is 39.5 Å². The molecule has 0 aromatic rings. The lowest BCUT2D eigenvalue weighted by Gasteiger charge is -2.40. The van der Waals surface area contributed by atoms with E-state index in [1.54, 1.807) is 0 Å². The number of hydrogen-bond donors (Lipinski definition) is 0. The van der Waals surface area contributed by atoms with Gasteiger partial charge in [0.1, 0.15) is 6.54 Å². The summed E-state index contributed by atoms with van der Waals surface area (Å²) in [4.78, 5) is 11.4. The fourth-order valence-electron chi connectivity index (χ4n) is 2.59. The Bertz CT molecular complexity index is 355. The molecule has 19 heavy (non-hydrogen) atoms. The molecular weight excluding hydrogens is 270 g/mol. The summed E-state index contributed by atoms with van der Waals surface area (Å²) in [6.45, 7) is 8.86. The smallest absolute Gasteiger partial charge is 0.217 e. The van der Waals surface area contributed by atoms with Crippen LogP contribution in [-0.2, 0) is 19.4 Å². The van der Waals surface area contributed by atoms with Gasteiger partial charge in [-0.2, -0.15) is 0 Å². The van der Waals surface area contributed by atoms with Crippen LogP contribution >= 0.6 is 0 Å². The molecule has 0 aromatic carbocycles. The number of ketones is 1. The van der Waals surface area contributed by atoms with Crippen molar-refractivity contribution in [1.82, 2.24) is 0 Å². The number of piperidine rings is 1. The lowest BCUT2D eigenvalue weighted by Crippen LogP contribution is -2.55. The Labute approximate surface area is 116 Å². The van der Waals surface area contributed by atoms with Crippen molar-refractivity contribution in [3.63, 3.8) is 0 Å². The first-order valence-corrected chi connectivity index (χ1v) is 8.00. The minimum absolute atomic E-state index is 0.480. The zero-order valence-electron chi connectivity index (χ0n) is 12.1. The molecular formula is C12H25NO5S. The topological polar surface area (TPSA) is 83.5 Å². The molecule has 0 atom stereocenters. The SMILES string of the molecule is CCC[N+]1(CCC)CCCC(=O)C1.COS(=O)(=O)[O-]. The molecule has 1 rings (SSSR count). The second-order valence-electron chi connectivity index (χ2n) is 4.89. The second kappa shape index (κ2) is 8.63. The molecule has 0 unspecified atom stereocenters. The van der Waals surface area contributed by atoms with Crippen LogP contribution in [0.25, 0.3) is 0 Å². The number of hydrogen-bond acceptors (Lipinski definition) is 5. The number of Topliss-reactive ketones (excluding diaryl/α,β-unsaturated/α-hetero) is 1. The van der Waals surface area contributed by atoms with E-state index in [2.05, 4.69) is 18.0 Å². The van der Waals surface area contributed by atoms with E-state index in [0.29, 0.717) is 5.78 Å². The molecule has 0 spiro atoms. The van der Waals surface area contributed by atoms with Gasteiger partial charge in [0.15, 0.2) is 5.78 Å². The van der Waals surface area contributed by atoms with Crippen molar-refractivity contribution in [1.29, 1.82) is 0 Å². The fraction of sp³-hybridized carbons (Fsp3) is 0.917. The maximum atomic E-state index is 11.4. The van der Waals surface area contributed by atoms with Crippen LogP contribution < -0.4 is 0 Å². The molecule has 1 aliphatic rings. The Morgan fingerprint density at radius 1 is 1.26 bits per heavy atom. The molecule has 6 nitrogen and oxygen atoms in total. The van der Waals surface area contributed by atoms with Crippen LogP contribution in [-0.4, -0.2) is 56.5 Å². The molecule has 0 N–H and O–H groups in total. The number of likely N-dealkylation sites (tertiary alicyclic amines) is 1. The highest BCUT2D eigenvalue weighted by molar-refractivity contribution is 7.80. The summed E-state index contributed by atoms with van der Waals surface area (Å²) in [5, 5.41) is 0. The quantitative estimate of drug-likeness (QED) is 0.430. The molecule has 0 amide bonds. The lowest BCUT2D eigenvalue weighted by atomic mass is 10.1. The van der Waals surface area contributed by atoms with Crippen LogP contribution in [0.1, 0.15) is 39.5 Å². The summed E-state index contributed by atoms with van der Waals surface area (Å²) in [7, 11) is -3.60. The number of carbonyl (C=O) groups excluding carboxylic acids is 1. The Morgan fingerprint density at radius 3 is 2.05 bits per heavy atom. The third-order valence-corrected chi connectivity index (χ3v) is 3.61. The van der Waals surface area contributed by atoms with Gasteiger partial charge >= 0.3 is 0 Å². The molecule has 0 saturated carbocycles. The van der Waals surface area contributed by atoms with Crippen LogP contribution in [0.4, 0.5) is 0 Å². The maximum Gasteiger partial charge on any atom is 0.217 e. The molecule has 7 heteroatoms. The molecule has 0 radical (unpaired) electrons. The van der Waals surface area contributed by atoms with Gasteiger partial charge in [0.25, 0.3) is 0 Å². The van der Waals surface area contributed by atoms with Gasteiger partial charge in [-0.05, 0) is 12.8 Å². The maximum absolute atomic E-state index is 11.4. The fourth-order valence-corrected chi connectivity index (χ4v) is 2.59. The summed E-state index contributed by atoms with van der Waals surface area (Å²) in [5.74, 6) is 0.480. The number of nitrogens with zero attached hydrogens (tertiary/aromatic N) is 1. The average molecular weight is 295 g/mol. The zero-order valence-corrected chi connectivity index (χ0v) is 12.9. The van der Waals surface area contributed by atoms with Crippen LogP contribution in [0.15, 0.2) is 0 Å². The number of carbonyl (C=O) groups is 1. The van der Waals surface area contributed by atoms with E-state index in [1.807, 2.05) is 0 Å². The minimum atomic E-state index is -4.41. The summed E-state index contributed by atoms with van der Waals surface area (Å²) in [5.41, 5.74) is 0. The van der Waals surface area contributed by atoms with Gasteiger partial charge in [-0.1, -0.05) is 13.8 Å². The molecule has 0 aromatic heterocycles. The second-order valence-corrected chi connectivity index (χ2v) is 6.04. The van der Waals surface area contributed by atoms with Crippen LogP contribution in [0.2, 0.25) is 0 Å². The van der Waals surface area contributed by atoms with Gasteiger partial charge < -0.3 is 9.04 Å². The van der Waals surface area contributed by atoms with Gasteiger partial charge in [0.05, 0.1) is 26.7 Å². The van der Waals surface area contributed by atoms with Crippen molar-refractivity contribution >= 4 is 16.2 Å². The summed E-state index contributed by atoms with van der Waals surface area (Å²) < 4.78 is 32.1. The Balaban J connectivity index is 0.000000459. The normalized spacial score (nSPS) is 18.6. The van der Waals surface area contributed by atoms with Gasteiger partial charge in [0.2, 0.25) is 10.4 Å². The van der Waals surface area contributed by atoms with Gasteiger partial charge in [-0.15, -0.1) is 0 Å². The first-order valence-electron chi connectivity index (χ1n) is 6.67. The lowest BCUT2D eigenvalue weighted by molar-refractivity contribution is -0.923. The molecule has 0 aliphatic carbocycles. The van der Waals surface area contributed by atoms with Crippen LogP contribution in [0.5, 0.6) is 0 Å². The van der Waals surface area contributed by atoms with Crippen molar-refractivity contribution in [2.24, 2.45) is 0 Å². The Morgan fingerprint density at radius 2 is 1.74 bits per heavy atom. The highest BCUT2D eigenvalue weighted by Crippen LogP contribution is 2.18. The van der Waals surface area contributed by atoms with Crippen molar-refractivity contribution in [2.75, 3.05) is 33.3 Å². The number of quaternary nitrogens is 1. The highest BCUT2D eigenvalue weighted by Gasteiger charge is 2.32. The Hall–Kier alpha value is -0.500. The monoisotopic (exact) mass is 295 g/mol. The largest absolute Gasteiger partial charge is 0.726 e. The molecule has 0 bridgehead atoms. The van der Waals surface area contributed by atoms with E-state index in [-0.39, 0.29) is 0 Å². The highest BCUT2D eigenvalue weighted by atomic mass is 32.3. The zero-order chi connectivity index (χ0) is 14.9. The van der Waals surface area contributed by atoms with Crippen LogP contribution in [0, 0.1) is 0 Å². The van der Waals surface area contributed by atoms with Gasteiger partial charge in [0, 0.05) is 12.8 Å². The van der Waals surface area contributed by atoms with E-state index in [4.69, 9.17) is 0 Å².